The van der Waals surface area contributed by atoms with Crippen molar-refractivity contribution in [3.63, 3.8) is 0 Å². The first-order chi connectivity index (χ1) is 22.8. The number of nitrogen functional groups attached to an aromatic ring is 1. The fourth-order valence-corrected chi connectivity index (χ4v) is 6.71. The first-order valence-corrected chi connectivity index (χ1v) is 16.9. The summed E-state index contributed by atoms with van der Waals surface area (Å²) < 4.78 is 76.4. The van der Waals surface area contributed by atoms with E-state index in [1.165, 1.54) is 93.1 Å². The molecule has 0 aliphatic carbocycles. The van der Waals surface area contributed by atoms with Crippen molar-refractivity contribution in [2.24, 2.45) is 0 Å². The largest absolute Gasteiger partial charge is 0.504 e. The molecule has 13 nitrogen and oxygen atoms in total. The lowest BCUT2D eigenvalue weighted by Crippen LogP contribution is -2.14. The molecule has 3 N–H and O–H groups in total. The fourth-order valence-electron chi connectivity index (χ4n) is 4.45. The van der Waals surface area contributed by atoms with E-state index in [9.17, 15) is 31.5 Å². The van der Waals surface area contributed by atoms with Crippen LogP contribution in [0.2, 0.25) is 0 Å². The Morgan fingerprint density at radius 3 is 1.83 bits per heavy atom. The van der Waals surface area contributed by atoms with E-state index >= 15 is 0 Å². The van der Waals surface area contributed by atoms with Crippen LogP contribution in [0.4, 0.5) is 5.69 Å². The molecule has 0 saturated heterocycles. The van der Waals surface area contributed by atoms with Gasteiger partial charge in [-0.05, 0) is 72.8 Å². The lowest BCUT2D eigenvalue weighted by atomic mass is 10.2. The molecule has 0 aliphatic heterocycles. The standard InChI is InChI=1S/C24H20O9S2.C9H7NO3/c1-30-18-6-10-20(11-7-18)34(26,27)15-17-14-16-4-3-5-22(23(16)32-24(17)25)33-35(28,29)21-12-8-19(31-2)9-13-21;10-6-4-5-2-1-3-7(11)8(5)13-9(6)12/h3-14H,15H2,1-2H3;1-4,11H,10H2. The van der Waals surface area contributed by atoms with Crippen molar-refractivity contribution in [1.82, 2.24) is 0 Å². The van der Waals surface area contributed by atoms with E-state index in [0.29, 0.717) is 22.3 Å². The average molecular weight is 694 g/mol. The maximum absolute atomic E-state index is 12.8. The smallest absolute Gasteiger partial charge is 0.359 e. The Morgan fingerprint density at radius 2 is 1.23 bits per heavy atom. The van der Waals surface area contributed by atoms with Crippen LogP contribution < -0.4 is 30.6 Å². The number of ether oxygens (including phenoxy) is 2. The number of rotatable bonds is 8. The average Bonchev–Trinajstić information content (AvgIpc) is 3.06. The number of phenolic OH excluding ortho intramolecular Hbond substituents is 1. The van der Waals surface area contributed by atoms with Crippen LogP contribution >= 0.6 is 0 Å². The second-order valence-electron chi connectivity index (χ2n) is 10.1. The number of para-hydroxylation sites is 2. The predicted molar refractivity (Wildman–Crippen MR) is 176 cm³/mol. The Labute approximate surface area is 273 Å². The first kappa shape index (κ1) is 33.6. The molecule has 6 aromatic rings. The number of hydrogen-bond donors (Lipinski definition) is 2. The van der Waals surface area contributed by atoms with Crippen molar-refractivity contribution in [2.75, 3.05) is 20.0 Å². The van der Waals surface area contributed by atoms with Gasteiger partial charge in [-0.25, -0.2) is 18.0 Å². The van der Waals surface area contributed by atoms with Crippen molar-refractivity contribution in [3.8, 4) is 23.0 Å². The van der Waals surface area contributed by atoms with E-state index in [-0.39, 0.29) is 43.7 Å². The summed E-state index contributed by atoms with van der Waals surface area (Å²) in [5.41, 5.74) is 3.77. The topological polar surface area (TPSA) is 203 Å². The van der Waals surface area contributed by atoms with Crippen LogP contribution in [0.25, 0.3) is 21.9 Å². The normalized spacial score (nSPS) is 11.5. The quantitative estimate of drug-likeness (QED) is 0.165. The van der Waals surface area contributed by atoms with Gasteiger partial charge in [0.2, 0.25) is 0 Å². The molecule has 0 aliphatic rings. The highest BCUT2D eigenvalue weighted by Crippen LogP contribution is 2.29. The zero-order chi connectivity index (χ0) is 34.6. The number of benzene rings is 4. The molecule has 248 valence electrons. The molecule has 4 aromatic carbocycles. The molecule has 48 heavy (non-hydrogen) atoms. The van der Waals surface area contributed by atoms with E-state index in [4.69, 9.17) is 28.2 Å². The van der Waals surface area contributed by atoms with Crippen LogP contribution in [0.1, 0.15) is 5.56 Å². The predicted octanol–water partition coefficient (Wildman–Crippen LogP) is 4.63. The molecule has 0 saturated carbocycles. The highest BCUT2D eigenvalue weighted by Gasteiger charge is 2.22. The summed E-state index contributed by atoms with van der Waals surface area (Å²) in [7, 11) is -5.19. The third-order valence-corrected chi connectivity index (χ3v) is 9.80. The monoisotopic (exact) mass is 693 g/mol. The zero-order valence-electron chi connectivity index (χ0n) is 25.3. The van der Waals surface area contributed by atoms with Crippen LogP contribution in [0.5, 0.6) is 23.0 Å². The minimum atomic E-state index is -4.25. The Balaban J connectivity index is 0.000000288. The molecule has 0 amide bonds. The van der Waals surface area contributed by atoms with Crippen LogP contribution in [0.15, 0.2) is 125 Å². The molecular formula is C33H27NO12S2. The lowest BCUT2D eigenvalue weighted by molar-refractivity contribution is 0.414. The minimum Gasteiger partial charge on any atom is -0.504 e. The third kappa shape index (κ3) is 7.27. The van der Waals surface area contributed by atoms with Crippen molar-refractivity contribution in [2.45, 2.75) is 15.5 Å². The molecule has 6 rings (SSSR count). The molecule has 0 spiro atoms. The molecule has 0 unspecified atom stereocenters. The van der Waals surface area contributed by atoms with Gasteiger partial charge in [-0.2, -0.15) is 8.42 Å². The lowest BCUT2D eigenvalue weighted by Gasteiger charge is -2.10. The number of hydrogen-bond acceptors (Lipinski definition) is 13. The number of phenols is 1. The molecule has 0 atom stereocenters. The summed E-state index contributed by atoms with van der Waals surface area (Å²) in [6, 6.07) is 23.3. The minimum absolute atomic E-state index is 0.0143. The summed E-state index contributed by atoms with van der Waals surface area (Å²) in [5.74, 6) is 0.0884. The molecule has 0 radical (unpaired) electrons. The number of fused-ring (bicyclic) bond motifs is 2. The molecule has 15 heteroatoms. The van der Waals surface area contributed by atoms with E-state index in [1.54, 1.807) is 18.2 Å². The van der Waals surface area contributed by atoms with Crippen molar-refractivity contribution < 1.29 is 44.4 Å². The van der Waals surface area contributed by atoms with E-state index < -0.39 is 37.0 Å². The van der Waals surface area contributed by atoms with Crippen molar-refractivity contribution in [3.05, 3.63) is 123 Å². The van der Waals surface area contributed by atoms with Crippen LogP contribution in [0.3, 0.4) is 0 Å². The summed E-state index contributed by atoms with van der Waals surface area (Å²) in [4.78, 5) is 23.5. The van der Waals surface area contributed by atoms with Crippen LogP contribution in [-0.4, -0.2) is 36.2 Å². The maximum Gasteiger partial charge on any atom is 0.359 e. The van der Waals surface area contributed by atoms with Crippen molar-refractivity contribution in [1.29, 1.82) is 0 Å². The number of nitrogens with two attached hydrogens (primary N) is 1. The summed E-state index contributed by atoms with van der Waals surface area (Å²) >= 11 is 0. The van der Waals surface area contributed by atoms with Gasteiger partial charge in [0.05, 0.1) is 30.4 Å². The zero-order valence-corrected chi connectivity index (χ0v) is 26.9. The SMILES string of the molecule is COc1ccc(S(=O)(=O)Cc2cc3cccc(OS(=O)(=O)c4ccc(OC)cc4)c3oc2=O)cc1.Nc1cc2cccc(O)c2oc1=O. The number of methoxy groups -OCH3 is 2. The van der Waals surface area contributed by atoms with Gasteiger partial charge in [-0.15, -0.1) is 0 Å². The van der Waals surface area contributed by atoms with Crippen LogP contribution in [-0.2, 0) is 25.7 Å². The number of aromatic hydroxyl groups is 1. The van der Waals surface area contributed by atoms with E-state index in [2.05, 4.69) is 0 Å². The van der Waals surface area contributed by atoms with Gasteiger partial charge in [0.1, 0.15) is 22.1 Å². The van der Waals surface area contributed by atoms with E-state index in [0.717, 1.165) is 0 Å². The fraction of sp³-hybridized carbons (Fsp3) is 0.0909. The van der Waals surface area contributed by atoms with Crippen LogP contribution in [0, 0.1) is 0 Å². The van der Waals surface area contributed by atoms with E-state index in [1.807, 2.05) is 0 Å². The Kier molecular flexibility index (Phi) is 9.45. The second kappa shape index (κ2) is 13.5. The van der Waals surface area contributed by atoms with Gasteiger partial charge in [0, 0.05) is 10.8 Å². The number of anilines is 1. The summed E-state index contributed by atoms with van der Waals surface area (Å²) in [6.07, 6.45) is 0. The van der Waals surface area contributed by atoms with Crippen molar-refractivity contribution >= 4 is 47.6 Å². The molecular weight excluding hydrogens is 666 g/mol. The molecule has 2 aromatic heterocycles. The third-order valence-electron chi connectivity index (χ3n) is 6.87. The highest BCUT2D eigenvalue weighted by atomic mass is 32.2. The molecule has 2 heterocycles. The second-order valence-corrected chi connectivity index (χ2v) is 13.6. The van der Waals surface area contributed by atoms with Gasteiger partial charge in [-0.3, -0.25) is 0 Å². The maximum atomic E-state index is 12.8. The first-order valence-electron chi connectivity index (χ1n) is 13.8. The van der Waals surface area contributed by atoms with Gasteiger partial charge in [0.25, 0.3) is 0 Å². The van der Waals surface area contributed by atoms with Gasteiger partial charge < -0.3 is 33.3 Å². The van der Waals surface area contributed by atoms with Gasteiger partial charge >= 0.3 is 21.4 Å². The Hall–Kier alpha value is -5.80. The van der Waals surface area contributed by atoms with Gasteiger partial charge in [0.15, 0.2) is 32.5 Å². The number of sulfone groups is 1. The summed E-state index contributed by atoms with van der Waals surface area (Å²) in [5, 5.41) is 10.2. The summed E-state index contributed by atoms with van der Waals surface area (Å²) in [6.45, 7) is 0. The highest BCUT2D eigenvalue weighted by molar-refractivity contribution is 7.90. The Bertz CT molecular complexity index is 2450. The van der Waals surface area contributed by atoms with Gasteiger partial charge in [-0.1, -0.05) is 24.3 Å². The molecule has 0 fully saturated rings. The Morgan fingerprint density at radius 1 is 0.688 bits per heavy atom. The molecule has 0 bridgehead atoms.